The Balaban J connectivity index is 1.34. The molecule has 37 heavy (non-hydrogen) atoms. The van der Waals surface area contributed by atoms with Crippen molar-refractivity contribution in [3.05, 3.63) is 88.6 Å². The lowest BCUT2D eigenvalue weighted by Gasteiger charge is -2.24. The fourth-order valence-electron chi connectivity index (χ4n) is 4.10. The molecule has 1 fully saturated rings. The van der Waals surface area contributed by atoms with Gasteiger partial charge in [0.05, 0.1) is 23.9 Å². The van der Waals surface area contributed by atoms with Gasteiger partial charge < -0.3 is 14.6 Å². The molecule has 5 rings (SSSR count). The Labute approximate surface area is 216 Å². The van der Waals surface area contributed by atoms with Crippen molar-refractivity contribution in [3.8, 4) is 0 Å². The molecule has 0 aliphatic heterocycles. The Morgan fingerprint density at radius 2 is 1.95 bits per heavy atom. The molecule has 0 spiro atoms. The summed E-state index contributed by atoms with van der Waals surface area (Å²) in [6.45, 7) is 0.697. The second kappa shape index (κ2) is 10.4. The van der Waals surface area contributed by atoms with Gasteiger partial charge in [0.1, 0.15) is 17.4 Å². The number of fused-ring (bicyclic) bond motifs is 1. The first-order valence-corrected chi connectivity index (χ1v) is 12.3. The van der Waals surface area contributed by atoms with Crippen molar-refractivity contribution in [3.63, 3.8) is 0 Å². The largest absolute Gasteiger partial charge is 0.467 e. The number of carbonyl (C=O) groups excluding carboxylic acids is 1. The van der Waals surface area contributed by atoms with Gasteiger partial charge in [-0.25, -0.2) is 9.97 Å². The van der Waals surface area contributed by atoms with Crippen molar-refractivity contribution >= 4 is 34.2 Å². The van der Waals surface area contributed by atoms with Crippen LogP contribution in [0, 0.1) is 0 Å². The van der Waals surface area contributed by atoms with Crippen molar-refractivity contribution in [2.45, 2.75) is 44.4 Å². The average Bonchev–Trinajstić information content (AvgIpc) is 3.60. The number of halogens is 4. The number of hydrogen-bond acceptors (Lipinski definition) is 5. The number of rotatable bonds is 9. The number of anilines is 1. The summed E-state index contributed by atoms with van der Waals surface area (Å²) in [6, 6.07) is 14.0. The number of alkyl halides is 3. The summed E-state index contributed by atoms with van der Waals surface area (Å²) in [6.07, 6.45) is -0.681. The molecule has 10 heteroatoms. The minimum Gasteiger partial charge on any atom is -0.467 e. The molecule has 0 bridgehead atoms. The van der Waals surface area contributed by atoms with E-state index in [1.54, 1.807) is 30.5 Å². The van der Waals surface area contributed by atoms with E-state index in [9.17, 15) is 18.0 Å². The zero-order chi connectivity index (χ0) is 26.0. The average molecular weight is 529 g/mol. The van der Waals surface area contributed by atoms with E-state index in [-0.39, 0.29) is 18.9 Å². The number of nitrogens with one attached hydrogen (secondary N) is 1. The lowest BCUT2D eigenvalue weighted by atomic mass is 10.1. The number of furan rings is 1. The second-order valence-corrected chi connectivity index (χ2v) is 9.50. The third kappa shape index (κ3) is 6.22. The van der Waals surface area contributed by atoms with Crippen LogP contribution in [0.25, 0.3) is 10.9 Å². The molecule has 1 amide bonds. The van der Waals surface area contributed by atoms with E-state index in [4.69, 9.17) is 26.0 Å². The highest BCUT2D eigenvalue weighted by molar-refractivity contribution is 6.31. The first-order valence-electron chi connectivity index (χ1n) is 11.9. The van der Waals surface area contributed by atoms with Crippen LogP contribution in [0.1, 0.15) is 47.9 Å². The maximum absolute atomic E-state index is 13.0. The summed E-state index contributed by atoms with van der Waals surface area (Å²) in [5.41, 5.74) is 0.368. The quantitative estimate of drug-likeness (QED) is 0.269. The molecular weight excluding hydrogens is 505 g/mol. The van der Waals surface area contributed by atoms with Crippen molar-refractivity contribution < 1.29 is 22.4 Å². The smallest absolute Gasteiger partial charge is 0.416 e. The van der Waals surface area contributed by atoms with Gasteiger partial charge >= 0.3 is 6.18 Å². The highest BCUT2D eigenvalue weighted by Gasteiger charge is 2.30. The zero-order valence-electron chi connectivity index (χ0n) is 19.8. The van der Waals surface area contributed by atoms with Crippen LogP contribution in [-0.2, 0) is 24.1 Å². The van der Waals surface area contributed by atoms with E-state index in [2.05, 4.69) is 5.32 Å². The topological polar surface area (TPSA) is 71.3 Å². The molecule has 6 nitrogen and oxygen atoms in total. The van der Waals surface area contributed by atoms with Crippen molar-refractivity contribution in [2.24, 2.45) is 0 Å². The Hall–Kier alpha value is -3.59. The summed E-state index contributed by atoms with van der Waals surface area (Å²) in [4.78, 5) is 24.2. The fourth-order valence-corrected chi connectivity index (χ4v) is 4.27. The molecule has 1 saturated carbocycles. The molecule has 2 aromatic heterocycles. The highest BCUT2D eigenvalue weighted by atomic mass is 35.5. The molecule has 0 unspecified atom stereocenters. The molecule has 0 radical (unpaired) electrons. The van der Waals surface area contributed by atoms with Crippen LogP contribution in [0.4, 0.5) is 19.0 Å². The van der Waals surface area contributed by atoms with Gasteiger partial charge in [-0.1, -0.05) is 23.7 Å². The van der Waals surface area contributed by atoms with Crippen LogP contribution in [0.15, 0.2) is 65.3 Å². The van der Waals surface area contributed by atoms with Crippen LogP contribution in [-0.4, -0.2) is 22.4 Å². The van der Waals surface area contributed by atoms with E-state index in [0.29, 0.717) is 41.2 Å². The van der Waals surface area contributed by atoms with E-state index in [1.165, 1.54) is 6.07 Å². The third-order valence-corrected chi connectivity index (χ3v) is 6.41. The Bertz CT molecular complexity index is 1400. The fraction of sp³-hybridized carbons (Fsp3) is 0.296. The van der Waals surface area contributed by atoms with Crippen molar-refractivity contribution in [2.75, 3.05) is 11.4 Å². The third-order valence-electron chi connectivity index (χ3n) is 6.18. The Kier molecular flexibility index (Phi) is 7.06. The Morgan fingerprint density at radius 1 is 1.11 bits per heavy atom. The predicted molar refractivity (Wildman–Crippen MR) is 134 cm³/mol. The molecule has 0 atom stereocenters. The molecule has 2 aromatic carbocycles. The van der Waals surface area contributed by atoms with Crippen LogP contribution in [0.3, 0.4) is 0 Å². The standard InChI is InChI=1S/C27H24ClF3N4O2/c28-20-8-9-22-23(14-20)33-25(18-6-7-18)34-26(22)35(16-21-5-2-12-37-21)11-10-24(36)32-15-17-3-1-4-19(13-17)27(29,30)31/h1-5,8-9,12-14,18H,6-7,10-11,15-16H2,(H,32,36). The monoisotopic (exact) mass is 528 g/mol. The van der Waals surface area contributed by atoms with Gasteiger partial charge in [0.25, 0.3) is 0 Å². The zero-order valence-corrected chi connectivity index (χ0v) is 20.5. The highest BCUT2D eigenvalue weighted by Crippen LogP contribution is 2.40. The molecular formula is C27H24ClF3N4O2. The number of nitrogens with zero attached hydrogens (tertiary/aromatic N) is 3. The number of amides is 1. The normalized spacial score (nSPS) is 13.6. The van der Waals surface area contributed by atoms with Crippen LogP contribution < -0.4 is 10.2 Å². The van der Waals surface area contributed by atoms with Gasteiger partial charge in [-0.2, -0.15) is 13.2 Å². The summed E-state index contributed by atoms with van der Waals surface area (Å²) in [5, 5.41) is 4.11. The first kappa shape index (κ1) is 25.1. The molecule has 192 valence electrons. The molecule has 4 aromatic rings. The van der Waals surface area contributed by atoms with Gasteiger partial charge in [-0.05, 0) is 60.9 Å². The number of carbonyl (C=O) groups is 1. The van der Waals surface area contributed by atoms with Crippen LogP contribution >= 0.6 is 11.6 Å². The SMILES string of the molecule is O=C(CCN(Cc1ccco1)c1nc(C2CC2)nc2cc(Cl)ccc12)NCc1cccc(C(F)(F)F)c1. The summed E-state index contributed by atoms with van der Waals surface area (Å²) < 4.78 is 44.5. The van der Waals surface area contributed by atoms with E-state index in [0.717, 1.165) is 41.7 Å². The maximum Gasteiger partial charge on any atom is 0.416 e. The summed E-state index contributed by atoms with van der Waals surface area (Å²) in [5.74, 6) is 2.17. The lowest BCUT2D eigenvalue weighted by Crippen LogP contribution is -2.31. The second-order valence-electron chi connectivity index (χ2n) is 9.07. The van der Waals surface area contributed by atoms with Crippen LogP contribution in [0.2, 0.25) is 5.02 Å². The molecule has 0 saturated heterocycles. The minimum atomic E-state index is -4.43. The van der Waals surface area contributed by atoms with Gasteiger partial charge in [0, 0.05) is 35.8 Å². The summed E-state index contributed by atoms with van der Waals surface area (Å²) in [7, 11) is 0. The lowest BCUT2D eigenvalue weighted by molar-refractivity contribution is -0.137. The van der Waals surface area contributed by atoms with Gasteiger partial charge in [0.2, 0.25) is 5.91 Å². The maximum atomic E-state index is 13.0. The summed E-state index contributed by atoms with van der Waals surface area (Å²) >= 11 is 6.23. The number of hydrogen-bond donors (Lipinski definition) is 1. The van der Waals surface area contributed by atoms with E-state index in [1.807, 2.05) is 17.0 Å². The molecule has 1 aliphatic rings. The van der Waals surface area contributed by atoms with E-state index < -0.39 is 11.7 Å². The molecule has 1 aliphatic carbocycles. The first-order chi connectivity index (χ1) is 17.8. The van der Waals surface area contributed by atoms with Crippen LogP contribution in [0.5, 0.6) is 0 Å². The predicted octanol–water partition coefficient (Wildman–Crippen LogP) is 6.49. The number of benzene rings is 2. The van der Waals surface area contributed by atoms with Gasteiger partial charge in [0.15, 0.2) is 0 Å². The van der Waals surface area contributed by atoms with Crippen molar-refractivity contribution in [1.29, 1.82) is 0 Å². The Morgan fingerprint density at radius 3 is 2.68 bits per heavy atom. The van der Waals surface area contributed by atoms with E-state index >= 15 is 0 Å². The van der Waals surface area contributed by atoms with Gasteiger partial charge in [-0.3, -0.25) is 4.79 Å². The van der Waals surface area contributed by atoms with Gasteiger partial charge in [-0.15, -0.1) is 0 Å². The van der Waals surface area contributed by atoms with Crippen molar-refractivity contribution in [1.82, 2.24) is 15.3 Å². The molecule has 1 N–H and O–H groups in total. The molecule has 2 heterocycles. The number of aromatic nitrogens is 2. The minimum absolute atomic E-state index is 0.00169.